The topological polar surface area (TPSA) is 82.9 Å². The fraction of sp³-hybridized carbons (Fsp3) is 0.130. The first kappa shape index (κ1) is 21.3. The Morgan fingerprint density at radius 2 is 1.84 bits per heavy atom. The van der Waals surface area contributed by atoms with Crippen LogP contribution in [0.4, 0.5) is 5.69 Å². The van der Waals surface area contributed by atoms with Gasteiger partial charge in [-0.1, -0.05) is 70.2 Å². The Kier molecular flexibility index (Phi) is 6.48. The van der Waals surface area contributed by atoms with E-state index in [4.69, 9.17) is 0 Å². The molecule has 1 aliphatic rings. The number of halogens is 1. The molecule has 0 aliphatic carbocycles. The van der Waals surface area contributed by atoms with Crippen LogP contribution < -0.4 is 10.6 Å². The molecule has 1 saturated heterocycles. The van der Waals surface area contributed by atoms with E-state index in [1.807, 2.05) is 49.4 Å². The second kappa shape index (κ2) is 9.45. The van der Waals surface area contributed by atoms with Gasteiger partial charge in [-0.25, -0.2) is 0 Å². The van der Waals surface area contributed by atoms with E-state index in [1.165, 1.54) is 11.8 Å². The molecule has 1 aliphatic heterocycles. The van der Waals surface area contributed by atoms with Crippen LogP contribution in [0.25, 0.3) is 10.8 Å². The number of nitrogens with zero attached hydrogens (tertiary/aromatic N) is 2. The van der Waals surface area contributed by atoms with E-state index in [0.29, 0.717) is 10.9 Å². The van der Waals surface area contributed by atoms with Gasteiger partial charge in [0.25, 0.3) is 0 Å². The van der Waals surface area contributed by atoms with Gasteiger partial charge in [0.05, 0.1) is 5.71 Å². The van der Waals surface area contributed by atoms with Crippen LogP contribution in [0.3, 0.4) is 0 Å². The number of amides is 2. The van der Waals surface area contributed by atoms with E-state index in [1.54, 1.807) is 12.1 Å². The number of hydrogen-bond acceptors (Lipinski definition) is 5. The zero-order valence-electron chi connectivity index (χ0n) is 16.6. The highest BCUT2D eigenvalue weighted by Gasteiger charge is 2.32. The van der Waals surface area contributed by atoms with Gasteiger partial charge in [-0.05, 0) is 42.0 Å². The highest BCUT2D eigenvalue weighted by atomic mass is 79.9. The summed E-state index contributed by atoms with van der Waals surface area (Å²) >= 11 is 4.57. The maximum atomic E-state index is 12.3. The molecule has 3 aromatic carbocycles. The summed E-state index contributed by atoms with van der Waals surface area (Å²) in [5, 5.41) is 16.1. The molecular formula is C23H19BrN4O2S. The first-order valence-electron chi connectivity index (χ1n) is 9.63. The maximum Gasteiger partial charge on any atom is 0.240 e. The van der Waals surface area contributed by atoms with Crippen LogP contribution in [0.15, 0.2) is 81.4 Å². The van der Waals surface area contributed by atoms with Gasteiger partial charge in [-0.2, -0.15) is 5.10 Å². The minimum absolute atomic E-state index is 0.0532. The molecule has 0 aromatic heterocycles. The number of nitrogens with one attached hydrogen (secondary N) is 2. The first-order valence-corrected chi connectivity index (χ1v) is 11.3. The summed E-state index contributed by atoms with van der Waals surface area (Å²) in [5.74, 6) is -0.473. The third-order valence-electron chi connectivity index (χ3n) is 4.75. The van der Waals surface area contributed by atoms with Gasteiger partial charge in [0.2, 0.25) is 11.8 Å². The molecular weight excluding hydrogens is 476 g/mol. The van der Waals surface area contributed by atoms with E-state index >= 15 is 0 Å². The maximum absolute atomic E-state index is 12.3. The number of anilines is 1. The van der Waals surface area contributed by atoms with Crippen molar-refractivity contribution in [2.75, 3.05) is 5.32 Å². The second-order valence-corrected chi connectivity index (χ2v) is 9.08. The SMILES string of the molecule is CC(=NN=C1NC(=O)C(CC(=O)Nc2ccc(Br)cc2)S1)c1cccc2ccccc12. The van der Waals surface area contributed by atoms with Gasteiger partial charge in [-0.3, -0.25) is 9.59 Å². The fourth-order valence-corrected chi connectivity index (χ4v) is 4.40. The molecule has 1 heterocycles. The molecule has 1 fully saturated rings. The lowest BCUT2D eigenvalue weighted by Crippen LogP contribution is -2.28. The molecule has 1 atom stereocenters. The summed E-state index contributed by atoms with van der Waals surface area (Å²) in [5.41, 5.74) is 2.42. The van der Waals surface area contributed by atoms with Gasteiger partial charge < -0.3 is 10.6 Å². The van der Waals surface area contributed by atoms with E-state index in [9.17, 15) is 9.59 Å². The molecule has 156 valence electrons. The molecule has 3 aromatic rings. The fourth-order valence-electron chi connectivity index (χ4n) is 3.22. The molecule has 0 spiro atoms. The summed E-state index contributed by atoms with van der Waals surface area (Å²) in [6, 6.07) is 21.4. The molecule has 1 unspecified atom stereocenters. The number of benzene rings is 3. The van der Waals surface area contributed by atoms with Crippen molar-refractivity contribution in [3.8, 4) is 0 Å². The minimum Gasteiger partial charge on any atom is -0.326 e. The molecule has 2 amide bonds. The van der Waals surface area contributed by atoms with Crippen LogP contribution in [0.2, 0.25) is 0 Å². The smallest absolute Gasteiger partial charge is 0.240 e. The zero-order chi connectivity index (χ0) is 21.8. The van der Waals surface area contributed by atoms with Crippen molar-refractivity contribution >= 4 is 66.8 Å². The predicted octanol–water partition coefficient (Wildman–Crippen LogP) is 4.94. The van der Waals surface area contributed by atoms with Crippen molar-refractivity contribution in [1.82, 2.24) is 5.32 Å². The lowest BCUT2D eigenvalue weighted by molar-refractivity contribution is -0.122. The molecule has 0 radical (unpaired) electrons. The summed E-state index contributed by atoms with van der Waals surface area (Å²) < 4.78 is 0.927. The molecule has 0 bridgehead atoms. The van der Waals surface area contributed by atoms with E-state index in [0.717, 1.165) is 26.5 Å². The number of amidine groups is 1. The second-order valence-electron chi connectivity index (χ2n) is 6.97. The quantitative estimate of drug-likeness (QED) is 0.389. The molecule has 2 N–H and O–H groups in total. The molecule has 0 saturated carbocycles. The first-order chi connectivity index (χ1) is 15.0. The van der Waals surface area contributed by atoms with Gasteiger partial charge in [-0.15, -0.1) is 5.10 Å². The average molecular weight is 495 g/mol. The summed E-state index contributed by atoms with van der Waals surface area (Å²) in [6.07, 6.45) is 0.0532. The van der Waals surface area contributed by atoms with Crippen molar-refractivity contribution in [2.45, 2.75) is 18.6 Å². The molecule has 31 heavy (non-hydrogen) atoms. The Labute approximate surface area is 192 Å². The van der Waals surface area contributed by atoms with E-state index in [2.05, 4.69) is 48.9 Å². The van der Waals surface area contributed by atoms with Crippen LogP contribution in [0.5, 0.6) is 0 Å². The summed E-state index contributed by atoms with van der Waals surface area (Å²) in [4.78, 5) is 24.6. The Hall–Kier alpha value is -2.97. The normalized spacial score (nSPS) is 17.7. The van der Waals surface area contributed by atoms with Crippen LogP contribution in [-0.4, -0.2) is 27.9 Å². The largest absolute Gasteiger partial charge is 0.326 e. The Morgan fingerprint density at radius 3 is 2.65 bits per heavy atom. The van der Waals surface area contributed by atoms with Crippen molar-refractivity contribution in [3.05, 3.63) is 76.8 Å². The average Bonchev–Trinajstić information content (AvgIpc) is 3.12. The van der Waals surface area contributed by atoms with Gasteiger partial charge in [0.1, 0.15) is 5.25 Å². The van der Waals surface area contributed by atoms with Gasteiger partial charge in [0.15, 0.2) is 5.17 Å². The van der Waals surface area contributed by atoms with Crippen LogP contribution >= 0.6 is 27.7 Å². The van der Waals surface area contributed by atoms with Crippen LogP contribution in [0.1, 0.15) is 18.9 Å². The summed E-state index contributed by atoms with van der Waals surface area (Å²) in [7, 11) is 0. The number of fused-ring (bicyclic) bond motifs is 1. The molecule has 8 heteroatoms. The van der Waals surface area contributed by atoms with Crippen molar-refractivity contribution < 1.29 is 9.59 Å². The summed E-state index contributed by atoms with van der Waals surface area (Å²) in [6.45, 7) is 1.89. The Morgan fingerprint density at radius 1 is 1.10 bits per heavy atom. The van der Waals surface area contributed by atoms with Crippen LogP contribution in [0, 0.1) is 0 Å². The lowest BCUT2D eigenvalue weighted by atomic mass is 10.0. The molecule has 4 rings (SSSR count). The number of carbonyl (C=O) groups excluding carboxylic acids is 2. The highest BCUT2D eigenvalue weighted by molar-refractivity contribution is 9.10. The number of rotatable bonds is 5. The highest BCUT2D eigenvalue weighted by Crippen LogP contribution is 2.24. The lowest BCUT2D eigenvalue weighted by Gasteiger charge is -2.07. The minimum atomic E-state index is -0.540. The molecule has 6 nitrogen and oxygen atoms in total. The van der Waals surface area contributed by atoms with E-state index < -0.39 is 5.25 Å². The Bertz CT molecular complexity index is 1200. The van der Waals surface area contributed by atoms with Crippen LogP contribution in [-0.2, 0) is 9.59 Å². The number of carbonyl (C=O) groups is 2. The van der Waals surface area contributed by atoms with Gasteiger partial charge >= 0.3 is 0 Å². The standard InChI is InChI=1S/C23H19BrN4O2S/c1-14(18-8-4-6-15-5-2-3-7-19(15)18)27-28-23-26-22(30)20(31-23)13-21(29)25-17-11-9-16(24)10-12-17/h2-12,20H,13H2,1H3,(H,25,29)(H,26,28,30). The predicted molar refractivity (Wildman–Crippen MR) is 131 cm³/mol. The third kappa shape index (κ3) is 5.21. The van der Waals surface area contributed by atoms with Crippen molar-refractivity contribution in [3.63, 3.8) is 0 Å². The van der Waals surface area contributed by atoms with E-state index in [-0.39, 0.29) is 18.2 Å². The monoisotopic (exact) mass is 494 g/mol. The Balaban J connectivity index is 1.42. The number of hydrogen-bond donors (Lipinski definition) is 2. The third-order valence-corrected chi connectivity index (χ3v) is 6.35. The zero-order valence-corrected chi connectivity index (χ0v) is 19.0. The van der Waals surface area contributed by atoms with Crippen molar-refractivity contribution in [2.24, 2.45) is 10.2 Å². The van der Waals surface area contributed by atoms with Gasteiger partial charge in [0, 0.05) is 22.1 Å². The van der Waals surface area contributed by atoms with Crippen molar-refractivity contribution in [1.29, 1.82) is 0 Å². The number of thioether (sulfide) groups is 1.